The maximum atomic E-state index is 13.0. The van der Waals surface area contributed by atoms with Crippen LogP contribution in [0.4, 0.5) is 10.5 Å². The molecule has 146 valence electrons. The zero-order valence-corrected chi connectivity index (χ0v) is 16.3. The quantitative estimate of drug-likeness (QED) is 0.755. The normalized spacial score (nSPS) is 19.3. The summed E-state index contributed by atoms with van der Waals surface area (Å²) in [6.45, 7) is 7.14. The van der Waals surface area contributed by atoms with Crippen molar-refractivity contribution in [1.82, 2.24) is 5.06 Å². The average Bonchev–Trinajstić information content (AvgIpc) is 2.89. The van der Waals surface area contributed by atoms with Crippen molar-refractivity contribution in [3.8, 4) is 0 Å². The van der Waals surface area contributed by atoms with E-state index in [1.807, 2.05) is 37.1 Å². The second-order valence-corrected chi connectivity index (χ2v) is 6.90. The number of benzene rings is 1. The number of ether oxygens (including phenoxy) is 2. The second-order valence-electron chi connectivity index (χ2n) is 6.90. The number of hydroxylamine groups is 2. The van der Waals surface area contributed by atoms with Gasteiger partial charge in [-0.05, 0) is 50.8 Å². The van der Waals surface area contributed by atoms with Crippen molar-refractivity contribution in [2.24, 2.45) is 0 Å². The van der Waals surface area contributed by atoms with Crippen LogP contribution < -0.4 is 4.90 Å². The molecule has 0 bridgehead atoms. The largest absolute Gasteiger partial charge is 0.513 e. The summed E-state index contributed by atoms with van der Waals surface area (Å²) in [5.41, 5.74) is 2.17. The monoisotopic (exact) mass is 374 g/mol. The lowest BCUT2D eigenvalue weighted by Gasteiger charge is -2.45. The third-order valence-electron chi connectivity index (χ3n) is 5.23. The lowest BCUT2D eigenvalue weighted by Crippen LogP contribution is -2.56. The van der Waals surface area contributed by atoms with Crippen LogP contribution in [0.5, 0.6) is 0 Å². The first-order chi connectivity index (χ1) is 12.9. The molecule has 1 spiro atoms. The number of hydrogen-bond donors (Lipinski definition) is 0. The molecule has 2 heterocycles. The molecule has 7 heteroatoms. The first-order valence-corrected chi connectivity index (χ1v) is 9.18. The van der Waals surface area contributed by atoms with E-state index < -0.39 is 11.7 Å². The van der Waals surface area contributed by atoms with Gasteiger partial charge in [-0.15, -0.1) is 0 Å². The van der Waals surface area contributed by atoms with Crippen molar-refractivity contribution in [3.05, 3.63) is 41.2 Å². The van der Waals surface area contributed by atoms with E-state index in [9.17, 15) is 9.59 Å². The number of aryl methyl sites for hydroxylation is 2. The van der Waals surface area contributed by atoms with E-state index in [1.165, 1.54) is 6.08 Å². The molecule has 1 aromatic carbocycles. The molecule has 2 aliphatic heterocycles. The number of hydrogen-bond acceptors (Lipinski definition) is 6. The maximum Gasteiger partial charge on any atom is 0.513 e. The Morgan fingerprint density at radius 1 is 1.22 bits per heavy atom. The molecule has 1 fully saturated rings. The van der Waals surface area contributed by atoms with E-state index in [4.69, 9.17) is 14.3 Å². The number of anilines is 1. The Kier molecular flexibility index (Phi) is 5.53. The standard InChI is InChI=1S/C20H26N2O5/c1-5-26-19(24)27-17-13-18(23)22(16-12-14(2)6-7-15(16)3)20(17)8-10-21(25-4)11-9-20/h6-7,12-13H,5,8-11H2,1-4H3. The van der Waals surface area contributed by atoms with E-state index in [2.05, 4.69) is 0 Å². The lowest BCUT2D eigenvalue weighted by molar-refractivity contribution is -0.150. The van der Waals surface area contributed by atoms with Crippen LogP contribution in [-0.2, 0) is 19.1 Å². The zero-order chi connectivity index (χ0) is 19.6. The Bertz CT molecular complexity index is 766. The summed E-state index contributed by atoms with van der Waals surface area (Å²) >= 11 is 0. The third kappa shape index (κ3) is 3.57. The zero-order valence-electron chi connectivity index (χ0n) is 16.3. The van der Waals surface area contributed by atoms with Crippen LogP contribution in [0, 0.1) is 13.8 Å². The molecule has 3 rings (SSSR count). The average molecular weight is 374 g/mol. The van der Waals surface area contributed by atoms with Crippen LogP contribution in [0.2, 0.25) is 0 Å². The van der Waals surface area contributed by atoms with Crippen molar-refractivity contribution in [1.29, 1.82) is 0 Å². The predicted molar refractivity (Wildman–Crippen MR) is 100 cm³/mol. The SMILES string of the molecule is CCOC(=O)OC1=CC(=O)N(c2cc(C)ccc2C)C12CCN(OC)CC2. The number of carbonyl (C=O) groups excluding carboxylic acids is 2. The fourth-order valence-electron chi connectivity index (χ4n) is 3.81. The molecular formula is C20H26N2O5. The highest BCUT2D eigenvalue weighted by atomic mass is 16.7. The Hall–Kier alpha value is -2.38. The van der Waals surface area contributed by atoms with Crippen LogP contribution in [-0.4, -0.2) is 49.5 Å². The minimum atomic E-state index is -0.784. The van der Waals surface area contributed by atoms with Gasteiger partial charge in [-0.25, -0.2) is 4.79 Å². The van der Waals surface area contributed by atoms with Gasteiger partial charge in [-0.3, -0.25) is 9.69 Å². The van der Waals surface area contributed by atoms with Crippen molar-refractivity contribution in [3.63, 3.8) is 0 Å². The molecule has 0 atom stereocenters. The van der Waals surface area contributed by atoms with Gasteiger partial charge in [0.05, 0.1) is 13.7 Å². The summed E-state index contributed by atoms with van der Waals surface area (Å²) < 4.78 is 10.4. The molecule has 1 saturated heterocycles. The molecule has 7 nitrogen and oxygen atoms in total. The number of amides is 1. The Labute approximate surface area is 159 Å². The first-order valence-electron chi connectivity index (χ1n) is 9.18. The topological polar surface area (TPSA) is 68.3 Å². The number of piperidine rings is 1. The van der Waals surface area contributed by atoms with Crippen molar-refractivity contribution in [2.45, 2.75) is 39.2 Å². The Morgan fingerprint density at radius 3 is 2.56 bits per heavy atom. The van der Waals surface area contributed by atoms with E-state index in [0.29, 0.717) is 31.7 Å². The molecule has 2 aliphatic rings. The minimum Gasteiger partial charge on any atom is -0.434 e. The Balaban J connectivity index is 2.01. The van der Waals surface area contributed by atoms with Gasteiger partial charge < -0.3 is 14.3 Å². The van der Waals surface area contributed by atoms with Gasteiger partial charge in [-0.2, -0.15) is 5.06 Å². The molecule has 0 aliphatic carbocycles. The van der Waals surface area contributed by atoms with Crippen LogP contribution in [0.25, 0.3) is 0 Å². The van der Waals surface area contributed by atoms with E-state index in [1.54, 1.807) is 18.9 Å². The Morgan fingerprint density at radius 2 is 1.93 bits per heavy atom. The van der Waals surface area contributed by atoms with Gasteiger partial charge in [0.15, 0.2) is 0 Å². The maximum absolute atomic E-state index is 13.0. The van der Waals surface area contributed by atoms with Gasteiger partial charge in [0.2, 0.25) is 0 Å². The minimum absolute atomic E-state index is 0.186. The van der Waals surface area contributed by atoms with E-state index >= 15 is 0 Å². The molecule has 0 radical (unpaired) electrons. The van der Waals surface area contributed by atoms with Gasteiger partial charge in [-0.1, -0.05) is 12.1 Å². The number of rotatable bonds is 4. The fourth-order valence-corrected chi connectivity index (χ4v) is 3.81. The predicted octanol–water partition coefficient (Wildman–Crippen LogP) is 3.10. The van der Waals surface area contributed by atoms with E-state index in [-0.39, 0.29) is 12.5 Å². The highest BCUT2D eigenvalue weighted by Gasteiger charge is 2.52. The molecule has 0 aromatic heterocycles. The van der Waals surface area contributed by atoms with E-state index in [0.717, 1.165) is 16.8 Å². The number of nitrogens with zero attached hydrogens (tertiary/aromatic N) is 2. The summed E-state index contributed by atoms with van der Waals surface area (Å²) in [7, 11) is 1.63. The van der Waals surface area contributed by atoms with Crippen LogP contribution in [0.1, 0.15) is 30.9 Å². The fraction of sp³-hybridized carbons (Fsp3) is 0.500. The van der Waals surface area contributed by atoms with Gasteiger partial charge >= 0.3 is 6.16 Å². The summed E-state index contributed by atoms with van der Waals surface area (Å²) in [6.07, 6.45) is 1.81. The molecule has 0 N–H and O–H groups in total. The highest BCUT2D eigenvalue weighted by Crippen LogP contribution is 2.44. The molecular weight excluding hydrogens is 348 g/mol. The lowest BCUT2D eigenvalue weighted by atomic mass is 9.85. The molecule has 1 aromatic rings. The highest BCUT2D eigenvalue weighted by molar-refractivity contribution is 6.07. The van der Waals surface area contributed by atoms with Crippen LogP contribution in [0.3, 0.4) is 0 Å². The summed E-state index contributed by atoms with van der Waals surface area (Å²) in [5, 5.41) is 1.84. The molecule has 1 amide bonds. The van der Waals surface area contributed by atoms with Crippen LogP contribution in [0.15, 0.2) is 30.0 Å². The van der Waals surface area contributed by atoms with Crippen LogP contribution >= 0.6 is 0 Å². The van der Waals surface area contributed by atoms with Crippen molar-refractivity contribution < 1.29 is 23.9 Å². The molecule has 0 unspecified atom stereocenters. The van der Waals surface area contributed by atoms with Gasteiger partial charge in [0.1, 0.15) is 11.3 Å². The summed E-state index contributed by atoms with van der Waals surface area (Å²) in [6, 6.07) is 6.02. The summed E-state index contributed by atoms with van der Waals surface area (Å²) in [5.74, 6) is 0.163. The van der Waals surface area contributed by atoms with Gasteiger partial charge in [0.25, 0.3) is 5.91 Å². The third-order valence-corrected chi connectivity index (χ3v) is 5.23. The second kappa shape index (κ2) is 7.70. The van der Waals surface area contributed by atoms with Crippen molar-refractivity contribution >= 4 is 17.7 Å². The molecule has 0 saturated carbocycles. The van der Waals surface area contributed by atoms with Gasteiger partial charge in [0, 0.05) is 24.9 Å². The smallest absolute Gasteiger partial charge is 0.434 e. The summed E-state index contributed by atoms with van der Waals surface area (Å²) in [4.78, 5) is 32.1. The van der Waals surface area contributed by atoms with Crippen molar-refractivity contribution in [2.75, 3.05) is 31.7 Å². The number of carbonyl (C=O) groups is 2. The molecule has 27 heavy (non-hydrogen) atoms. The first kappa shape index (κ1) is 19.4.